The van der Waals surface area contributed by atoms with Crippen LogP contribution in [-0.4, -0.2) is 33.5 Å². The van der Waals surface area contributed by atoms with Crippen molar-refractivity contribution in [1.82, 2.24) is 5.32 Å². The Morgan fingerprint density at radius 2 is 2.33 bits per heavy atom. The van der Waals surface area contributed by atoms with Gasteiger partial charge in [-0.05, 0) is 19.4 Å². The van der Waals surface area contributed by atoms with E-state index in [1.54, 1.807) is 0 Å². The fraction of sp³-hybridized carbons (Fsp3) is 0.750. The minimum absolute atomic E-state index is 0.291. The third-order valence-electron chi connectivity index (χ3n) is 1.95. The van der Waals surface area contributed by atoms with Crippen molar-refractivity contribution in [1.29, 1.82) is 0 Å². The average molecular weight is 189 g/mol. The average Bonchev–Trinajstić information content (AvgIpc) is 2.02. The number of hydrogen-bond donors (Lipinski definition) is 1. The third kappa shape index (κ3) is 3.88. The Bertz CT molecular complexity index is 267. The molecule has 0 radical (unpaired) electrons. The van der Waals surface area contributed by atoms with Gasteiger partial charge in [0, 0.05) is 12.8 Å². The van der Waals surface area contributed by atoms with Gasteiger partial charge in [-0.15, -0.1) is 0 Å². The molecule has 0 fully saturated rings. The van der Waals surface area contributed by atoms with Crippen LogP contribution in [0.1, 0.15) is 12.8 Å². The zero-order valence-corrected chi connectivity index (χ0v) is 8.15. The van der Waals surface area contributed by atoms with Gasteiger partial charge in [-0.2, -0.15) is 0 Å². The van der Waals surface area contributed by atoms with Gasteiger partial charge in [-0.25, -0.2) is 8.42 Å². The van der Waals surface area contributed by atoms with E-state index in [0.717, 1.165) is 19.5 Å². The summed E-state index contributed by atoms with van der Waals surface area (Å²) in [6.45, 7) is 1.87. The molecule has 1 aliphatic heterocycles. The van der Waals surface area contributed by atoms with E-state index in [1.165, 1.54) is 11.8 Å². The number of hydrogen-bond acceptors (Lipinski definition) is 3. The lowest BCUT2D eigenvalue weighted by atomic mass is 10.1. The summed E-state index contributed by atoms with van der Waals surface area (Å²) in [5.74, 6) is 0.291. The van der Waals surface area contributed by atoms with Crippen molar-refractivity contribution in [3.8, 4) is 0 Å². The molecule has 0 bridgehead atoms. The Morgan fingerprint density at radius 1 is 1.58 bits per heavy atom. The van der Waals surface area contributed by atoms with Crippen LogP contribution >= 0.6 is 0 Å². The summed E-state index contributed by atoms with van der Waals surface area (Å²) < 4.78 is 21.7. The second-order valence-corrected chi connectivity index (χ2v) is 5.46. The zero-order valence-electron chi connectivity index (χ0n) is 7.34. The summed E-state index contributed by atoms with van der Waals surface area (Å²) in [6, 6.07) is 0. The largest absolute Gasteiger partial charge is 0.313 e. The monoisotopic (exact) mass is 189 g/mol. The molecule has 0 saturated carbocycles. The van der Waals surface area contributed by atoms with Crippen molar-refractivity contribution in [2.24, 2.45) is 0 Å². The second kappa shape index (κ2) is 4.05. The molecule has 0 atom stereocenters. The van der Waals surface area contributed by atoms with E-state index in [4.69, 9.17) is 0 Å². The van der Waals surface area contributed by atoms with Gasteiger partial charge in [0.05, 0.1) is 5.75 Å². The Hall–Kier alpha value is -0.350. The lowest BCUT2D eigenvalue weighted by Gasteiger charge is -2.12. The highest BCUT2D eigenvalue weighted by Crippen LogP contribution is 2.09. The van der Waals surface area contributed by atoms with Gasteiger partial charge < -0.3 is 5.32 Å². The Balaban J connectivity index is 2.36. The van der Waals surface area contributed by atoms with Gasteiger partial charge in [0.1, 0.15) is 9.84 Å². The number of sulfone groups is 1. The van der Waals surface area contributed by atoms with Crippen molar-refractivity contribution < 1.29 is 8.42 Å². The lowest BCUT2D eigenvalue weighted by Crippen LogP contribution is -2.21. The van der Waals surface area contributed by atoms with E-state index < -0.39 is 9.84 Å². The van der Waals surface area contributed by atoms with E-state index in [1.807, 2.05) is 0 Å². The molecule has 0 spiro atoms. The van der Waals surface area contributed by atoms with E-state index in [2.05, 4.69) is 11.4 Å². The molecule has 70 valence electrons. The first kappa shape index (κ1) is 9.74. The third-order valence-corrected chi connectivity index (χ3v) is 2.90. The van der Waals surface area contributed by atoms with Crippen molar-refractivity contribution in [2.75, 3.05) is 25.1 Å². The number of rotatable bonds is 3. The maximum absolute atomic E-state index is 10.8. The first-order valence-corrected chi connectivity index (χ1v) is 6.20. The van der Waals surface area contributed by atoms with Gasteiger partial charge in [0.2, 0.25) is 0 Å². The SMILES string of the molecule is CS(=O)(=O)CCC1=CCNCC1. The van der Waals surface area contributed by atoms with Crippen LogP contribution in [-0.2, 0) is 9.84 Å². The van der Waals surface area contributed by atoms with Crippen LogP contribution in [0, 0.1) is 0 Å². The van der Waals surface area contributed by atoms with Gasteiger partial charge in [0.15, 0.2) is 0 Å². The maximum Gasteiger partial charge on any atom is 0.147 e. The Kier molecular flexibility index (Phi) is 3.29. The molecule has 0 saturated heterocycles. The van der Waals surface area contributed by atoms with Crippen LogP contribution < -0.4 is 5.32 Å². The van der Waals surface area contributed by atoms with Crippen LogP contribution in [0.15, 0.2) is 11.6 Å². The second-order valence-electron chi connectivity index (χ2n) is 3.20. The molecule has 0 aromatic carbocycles. The first-order valence-electron chi connectivity index (χ1n) is 4.14. The molecule has 1 aliphatic rings. The summed E-state index contributed by atoms with van der Waals surface area (Å²) in [7, 11) is -2.78. The van der Waals surface area contributed by atoms with Gasteiger partial charge in [-0.1, -0.05) is 11.6 Å². The van der Waals surface area contributed by atoms with Crippen molar-refractivity contribution in [3.05, 3.63) is 11.6 Å². The van der Waals surface area contributed by atoms with E-state index in [9.17, 15) is 8.42 Å². The zero-order chi connectivity index (χ0) is 9.03. The molecule has 3 nitrogen and oxygen atoms in total. The minimum atomic E-state index is -2.78. The van der Waals surface area contributed by atoms with Gasteiger partial charge >= 0.3 is 0 Å². The van der Waals surface area contributed by atoms with E-state index >= 15 is 0 Å². The predicted octanol–water partition coefficient (Wildman–Crippen LogP) is 0.341. The summed E-state index contributed by atoms with van der Waals surface area (Å²) in [5, 5.41) is 3.19. The molecule has 0 amide bonds. The molecule has 12 heavy (non-hydrogen) atoms. The predicted molar refractivity (Wildman–Crippen MR) is 49.9 cm³/mol. The molecule has 0 aliphatic carbocycles. The Labute approximate surface area is 73.8 Å². The van der Waals surface area contributed by atoms with Crippen molar-refractivity contribution in [3.63, 3.8) is 0 Å². The molecule has 4 heteroatoms. The highest BCUT2D eigenvalue weighted by atomic mass is 32.2. The maximum atomic E-state index is 10.8. The van der Waals surface area contributed by atoms with Crippen molar-refractivity contribution in [2.45, 2.75) is 12.8 Å². The normalized spacial score (nSPS) is 18.9. The molecule has 1 N–H and O–H groups in total. The standard InChI is InChI=1S/C8H15NO2S/c1-12(10,11)7-4-8-2-5-9-6-3-8/h2,9H,3-7H2,1H3. The molecule has 0 aromatic rings. The van der Waals surface area contributed by atoms with Crippen LogP contribution in [0.3, 0.4) is 0 Å². The van der Waals surface area contributed by atoms with Gasteiger partial charge in [0.25, 0.3) is 0 Å². The van der Waals surface area contributed by atoms with E-state index in [-0.39, 0.29) is 0 Å². The first-order chi connectivity index (χ1) is 5.58. The minimum Gasteiger partial charge on any atom is -0.313 e. The molecule has 1 heterocycles. The summed E-state index contributed by atoms with van der Waals surface area (Å²) >= 11 is 0. The summed E-state index contributed by atoms with van der Waals surface area (Å²) in [5.41, 5.74) is 1.28. The fourth-order valence-electron chi connectivity index (χ4n) is 1.21. The summed E-state index contributed by atoms with van der Waals surface area (Å²) in [6.07, 6.45) is 5.08. The fourth-order valence-corrected chi connectivity index (χ4v) is 1.85. The van der Waals surface area contributed by atoms with E-state index in [0.29, 0.717) is 12.2 Å². The van der Waals surface area contributed by atoms with Crippen LogP contribution in [0.2, 0.25) is 0 Å². The smallest absolute Gasteiger partial charge is 0.147 e. The highest BCUT2D eigenvalue weighted by molar-refractivity contribution is 7.90. The van der Waals surface area contributed by atoms with Gasteiger partial charge in [-0.3, -0.25) is 0 Å². The lowest BCUT2D eigenvalue weighted by molar-refractivity contribution is 0.599. The Morgan fingerprint density at radius 3 is 2.83 bits per heavy atom. The molecular formula is C8H15NO2S. The van der Waals surface area contributed by atoms with Crippen LogP contribution in [0.5, 0.6) is 0 Å². The highest BCUT2D eigenvalue weighted by Gasteiger charge is 2.06. The molecule has 1 rings (SSSR count). The quantitative estimate of drug-likeness (QED) is 0.651. The number of nitrogens with one attached hydrogen (secondary N) is 1. The van der Waals surface area contributed by atoms with Crippen LogP contribution in [0.25, 0.3) is 0 Å². The summed E-state index contributed by atoms with van der Waals surface area (Å²) in [4.78, 5) is 0. The molecule has 0 unspecified atom stereocenters. The molecular weight excluding hydrogens is 174 g/mol. The molecule has 0 aromatic heterocycles. The van der Waals surface area contributed by atoms with Crippen molar-refractivity contribution >= 4 is 9.84 Å². The topological polar surface area (TPSA) is 46.2 Å². The van der Waals surface area contributed by atoms with Crippen LogP contribution in [0.4, 0.5) is 0 Å².